The van der Waals surface area contributed by atoms with Crippen LogP contribution in [0.25, 0.3) is 0 Å². The van der Waals surface area contributed by atoms with E-state index >= 15 is 0 Å². The van der Waals surface area contributed by atoms with Crippen molar-refractivity contribution in [3.63, 3.8) is 0 Å². The van der Waals surface area contributed by atoms with Crippen LogP contribution in [0.2, 0.25) is 0 Å². The van der Waals surface area contributed by atoms with Gasteiger partial charge in [-0.15, -0.1) is 0 Å². The molecule has 22 heavy (non-hydrogen) atoms. The molecule has 0 fully saturated rings. The zero-order valence-corrected chi connectivity index (χ0v) is 13.0. The van der Waals surface area contributed by atoms with Crippen LogP contribution in [0.1, 0.15) is 19.4 Å². The molecule has 3 N–H and O–H groups in total. The van der Waals surface area contributed by atoms with E-state index in [0.29, 0.717) is 6.54 Å². The standard InChI is InChI=1S/C18H22N2O2/c1-13(2)17(19)18(21)20-12-14-8-10-16(11-9-14)22-15-6-4-3-5-7-15/h3-11,13,17H,12,19H2,1-2H3,(H,20,21)/t17-/m0/s1. The number of carbonyl (C=O) groups is 1. The van der Waals surface area contributed by atoms with Gasteiger partial charge in [-0.2, -0.15) is 0 Å². The lowest BCUT2D eigenvalue weighted by Gasteiger charge is -2.15. The van der Waals surface area contributed by atoms with Gasteiger partial charge >= 0.3 is 0 Å². The van der Waals surface area contributed by atoms with Gasteiger partial charge in [0, 0.05) is 6.54 Å². The summed E-state index contributed by atoms with van der Waals surface area (Å²) in [6.07, 6.45) is 0. The number of para-hydroxylation sites is 1. The molecule has 0 aliphatic carbocycles. The van der Waals surface area contributed by atoms with Gasteiger partial charge in [-0.05, 0) is 35.7 Å². The first-order valence-corrected chi connectivity index (χ1v) is 7.41. The predicted octanol–water partition coefficient (Wildman–Crippen LogP) is 3.08. The molecule has 2 aromatic carbocycles. The van der Waals surface area contributed by atoms with Crippen LogP contribution < -0.4 is 15.8 Å². The van der Waals surface area contributed by atoms with Gasteiger partial charge in [0.15, 0.2) is 0 Å². The summed E-state index contributed by atoms with van der Waals surface area (Å²) in [6.45, 7) is 4.32. The lowest BCUT2D eigenvalue weighted by Crippen LogP contribution is -2.43. The van der Waals surface area contributed by atoms with Gasteiger partial charge < -0.3 is 15.8 Å². The zero-order chi connectivity index (χ0) is 15.9. The third kappa shape index (κ3) is 4.60. The summed E-state index contributed by atoms with van der Waals surface area (Å²) in [5, 5.41) is 2.84. The molecule has 0 bridgehead atoms. The average molecular weight is 298 g/mol. The lowest BCUT2D eigenvalue weighted by atomic mass is 10.0. The third-order valence-electron chi connectivity index (χ3n) is 3.39. The van der Waals surface area contributed by atoms with E-state index in [4.69, 9.17) is 10.5 Å². The van der Waals surface area contributed by atoms with E-state index in [1.165, 1.54) is 0 Å². The van der Waals surface area contributed by atoms with Crippen LogP contribution >= 0.6 is 0 Å². The molecule has 0 saturated heterocycles. The predicted molar refractivity (Wildman–Crippen MR) is 87.6 cm³/mol. The molecule has 0 aliphatic rings. The first-order valence-electron chi connectivity index (χ1n) is 7.41. The molecule has 4 heteroatoms. The van der Waals surface area contributed by atoms with Gasteiger partial charge in [-0.1, -0.05) is 44.2 Å². The molecule has 0 radical (unpaired) electrons. The molecular formula is C18H22N2O2. The Morgan fingerprint density at radius 1 is 1.05 bits per heavy atom. The highest BCUT2D eigenvalue weighted by molar-refractivity contribution is 5.81. The topological polar surface area (TPSA) is 64.4 Å². The minimum absolute atomic E-state index is 0.125. The summed E-state index contributed by atoms with van der Waals surface area (Å²) < 4.78 is 5.72. The van der Waals surface area contributed by atoms with Crippen LogP contribution in [0.4, 0.5) is 0 Å². The van der Waals surface area contributed by atoms with Gasteiger partial charge in [0.1, 0.15) is 11.5 Å². The fourth-order valence-corrected chi connectivity index (χ4v) is 1.91. The van der Waals surface area contributed by atoms with E-state index in [1.54, 1.807) is 0 Å². The van der Waals surface area contributed by atoms with E-state index in [0.717, 1.165) is 17.1 Å². The van der Waals surface area contributed by atoms with Crippen LogP contribution in [-0.4, -0.2) is 11.9 Å². The van der Waals surface area contributed by atoms with Crippen LogP contribution in [0.5, 0.6) is 11.5 Å². The van der Waals surface area contributed by atoms with Gasteiger partial charge in [0.25, 0.3) is 0 Å². The number of rotatable bonds is 6. The van der Waals surface area contributed by atoms with Crippen molar-refractivity contribution in [2.24, 2.45) is 11.7 Å². The summed E-state index contributed by atoms with van der Waals surface area (Å²) in [4.78, 5) is 11.8. The Labute approximate surface area is 131 Å². The highest BCUT2D eigenvalue weighted by Gasteiger charge is 2.16. The molecule has 0 heterocycles. The Hall–Kier alpha value is -2.33. The minimum Gasteiger partial charge on any atom is -0.457 e. The Bertz CT molecular complexity index is 594. The summed E-state index contributed by atoms with van der Waals surface area (Å²) >= 11 is 0. The van der Waals surface area contributed by atoms with Crippen molar-refractivity contribution in [2.45, 2.75) is 26.4 Å². The molecule has 0 aromatic heterocycles. The van der Waals surface area contributed by atoms with Gasteiger partial charge in [0.05, 0.1) is 6.04 Å². The quantitative estimate of drug-likeness (QED) is 0.861. The van der Waals surface area contributed by atoms with Crippen molar-refractivity contribution in [3.8, 4) is 11.5 Å². The number of hydrogen-bond donors (Lipinski definition) is 2. The maximum Gasteiger partial charge on any atom is 0.237 e. The van der Waals surface area contributed by atoms with Crippen LogP contribution in [0.15, 0.2) is 54.6 Å². The molecule has 0 aliphatic heterocycles. The molecule has 4 nitrogen and oxygen atoms in total. The van der Waals surface area contributed by atoms with Gasteiger partial charge in [-0.25, -0.2) is 0 Å². The number of ether oxygens (including phenoxy) is 1. The Balaban J connectivity index is 1.88. The fourth-order valence-electron chi connectivity index (χ4n) is 1.91. The van der Waals surface area contributed by atoms with Crippen LogP contribution in [-0.2, 0) is 11.3 Å². The second kappa shape index (κ2) is 7.61. The van der Waals surface area contributed by atoms with E-state index in [1.807, 2.05) is 68.4 Å². The second-order valence-corrected chi connectivity index (χ2v) is 5.55. The number of nitrogens with two attached hydrogens (primary N) is 1. The Morgan fingerprint density at radius 3 is 2.23 bits per heavy atom. The van der Waals surface area contributed by atoms with Crippen molar-refractivity contribution in [2.75, 3.05) is 0 Å². The second-order valence-electron chi connectivity index (χ2n) is 5.55. The van der Waals surface area contributed by atoms with Gasteiger partial charge in [0.2, 0.25) is 5.91 Å². The Morgan fingerprint density at radius 2 is 1.64 bits per heavy atom. The molecule has 0 spiro atoms. The van der Waals surface area contributed by atoms with Crippen LogP contribution in [0, 0.1) is 5.92 Å². The van der Waals surface area contributed by atoms with E-state index in [-0.39, 0.29) is 11.8 Å². The van der Waals surface area contributed by atoms with E-state index in [9.17, 15) is 4.79 Å². The summed E-state index contributed by atoms with van der Waals surface area (Å²) in [6, 6.07) is 16.8. The molecule has 0 unspecified atom stereocenters. The first kappa shape index (κ1) is 16.0. The van der Waals surface area contributed by atoms with Crippen LogP contribution in [0.3, 0.4) is 0 Å². The highest BCUT2D eigenvalue weighted by atomic mass is 16.5. The maximum absolute atomic E-state index is 11.8. The van der Waals surface area contributed by atoms with E-state index in [2.05, 4.69) is 5.32 Å². The summed E-state index contributed by atoms with van der Waals surface area (Å²) in [7, 11) is 0. The van der Waals surface area contributed by atoms with Gasteiger partial charge in [-0.3, -0.25) is 4.79 Å². The molecule has 2 rings (SSSR count). The fraction of sp³-hybridized carbons (Fsp3) is 0.278. The SMILES string of the molecule is CC(C)[C@H](N)C(=O)NCc1ccc(Oc2ccccc2)cc1. The van der Waals surface area contributed by atoms with Crippen molar-refractivity contribution in [1.29, 1.82) is 0 Å². The van der Waals surface area contributed by atoms with Crippen molar-refractivity contribution in [1.82, 2.24) is 5.32 Å². The number of nitrogens with one attached hydrogen (secondary N) is 1. The Kier molecular flexibility index (Phi) is 5.55. The number of amides is 1. The normalized spacial score (nSPS) is 12.0. The van der Waals surface area contributed by atoms with E-state index < -0.39 is 6.04 Å². The first-order chi connectivity index (χ1) is 10.6. The van der Waals surface area contributed by atoms with Crippen molar-refractivity contribution >= 4 is 5.91 Å². The highest BCUT2D eigenvalue weighted by Crippen LogP contribution is 2.21. The number of benzene rings is 2. The number of hydrogen-bond acceptors (Lipinski definition) is 3. The molecule has 1 atom stereocenters. The monoisotopic (exact) mass is 298 g/mol. The number of carbonyl (C=O) groups excluding carboxylic acids is 1. The molecule has 116 valence electrons. The van der Waals surface area contributed by atoms with Crippen molar-refractivity contribution in [3.05, 3.63) is 60.2 Å². The third-order valence-corrected chi connectivity index (χ3v) is 3.39. The minimum atomic E-state index is -0.472. The molecule has 2 aromatic rings. The smallest absolute Gasteiger partial charge is 0.237 e. The average Bonchev–Trinajstić information content (AvgIpc) is 2.54. The molecule has 1 amide bonds. The zero-order valence-electron chi connectivity index (χ0n) is 13.0. The maximum atomic E-state index is 11.8. The summed E-state index contributed by atoms with van der Waals surface area (Å²) in [5.74, 6) is 1.56. The molecule has 0 saturated carbocycles. The molecular weight excluding hydrogens is 276 g/mol. The largest absolute Gasteiger partial charge is 0.457 e. The lowest BCUT2D eigenvalue weighted by molar-refractivity contribution is -0.123. The summed E-state index contributed by atoms with van der Waals surface area (Å²) in [5.41, 5.74) is 6.81. The van der Waals surface area contributed by atoms with Crippen molar-refractivity contribution < 1.29 is 9.53 Å².